The first-order valence-corrected chi connectivity index (χ1v) is 4.84. The van der Waals surface area contributed by atoms with Crippen molar-refractivity contribution in [1.29, 1.82) is 0 Å². The predicted molar refractivity (Wildman–Crippen MR) is 54.5 cm³/mol. The van der Waals surface area contributed by atoms with Gasteiger partial charge in [-0.2, -0.15) is 0 Å². The highest BCUT2D eigenvalue weighted by atomic mass is 19.1. The zero-order chi connectivity index (χ0) is 10.8. The molecular weight excluding hydrogens is 195 g/mol. The van der Waals surface area contributed by atoms with Crippen molar-refractivity contribution in [1.82, 2.24) is 0 Å². The third-order valence-electron chi connectivity index (χ3n) is 2.33. The molecule has 0 amide bonds. The van der Waals surface area contributed by atoms with Crippen molar-refractivity contribution in [2.75, 3.05) is 0 Å². The molecule has 0 saturated heterocycles. The summed E-state index contributed by atoms with van der Waals surface area (Å²) in [5.41, 5.74) is 1.71. The lowest BCUT2D eigenvalue weighted by atomic mass is 9.96. The summed E-state index contributed by atoms with van der Waals surface area (Å²) in [6.07, 6.45) is 3.50. The molecule has 1 aliphatic carbocycles. The van der Waals surface area contributed by atoms with Crippen molar-refractivity contribution < 1.29 is 13.9 Å². The van der Waals surface area contributed by atoms with Crippen molar-refractivity contribution in [3.05, 3.63) is 41.2 Å². The van der Waals surface area contributed by atoms with E-state index in [2.05, 4.69) is 0 Å². The Hall–Kier alpha value is -1.64. The molecule has 1 aliphatic rings. The summed E-state index contributed by atoms with van der Waals surface area (Å²) in [4.78, 5) is 10.8. The Labute approximate surface area is 87.4 Å². The van der Waals surface area contributed by atoms with Crippen LogP contribution in [-0.4, -0.2) is 5.97 Å². The Kier molecular flexibility index (Phi) is 2.54. The number of fused-ring (bicyclic) bond motifs is 1. The first-order valence-electron chi connectivity index (χ1n) is 4.84. The molecule has 0 radical (unpaired) electrons. The van der Waals surface area contributed by atoms with Crippen LogP contribution in [0.2, 0.25) is 0 Å². The third kappa shape index (κ3) is 2.06. The summed E-state index contributed by atoms with van der Waals surface area (Å²) in [6, 6.07) is 4.57. The Morgan fingerprint density at radius 2 is 2.27 bits per heavy atom. The second-order valence-electron chi connectivity index (χ2n) is 3.50. The van der Waals surface area contributed by atoms with E-state index in [1.807, 2.05) is 6.08 Å². The van der Waals surface area contributed by atoms with Crippen LogP contribution in [0.4, 0.5) is 4.39 Å². The average Bonchev–Trinajstić information content (AvgIpc) is 2.18. The van der Waals surface area contributed by atoms with E-state index < -0.39 is 0 Å². The number of halogens is 1. The lowest BCUT2D eigenvalue weighted by molar-refractivity contribution is -0.134. The summed E-state index contributed by atoms with van der Waals surface area (Å²) in [5, 5.41) is 0. The molecule has 0 heterocycles. The lowest BCUT2D eigenvalue weighted by Crippen LogP contribution is -2.06. The van der Waals surface area contributed by atoms with Gasteiger partial charge in [-0.15, -0.1) is 0 Å². The number of rotatable bonds is 1. The number of hydrogen-bond acceptors (Lipinski definition) is 2. The van der Waals surface area contributed by atoms with Gasteiger partial charge in [0.25, 0.3) is 0 Å². The molecule has 2 rings (SSSR count). The molecule has 0 unspecified atom stereocenters. The molecule has 0 N–H and O–H groups in total. The number of benzene rings is 1. The summed E-state index contributed by atoms with van der Waals surface area (Å²) < 4.78 is 18.1. The molecule has 0 saturated carbocycles. The van der Waals surface area contributed by atoms with E-state index >= 15 is 0 Å². The minimum Gasteiger partial charge on any atom is -0.426 e. The standard InChI is InChI=1S/C12H11FO2/c1-8(14)15-12-4-2-3-9-5-6-10(13)7-11(9)12/h4-7H,2-3H2,1H3. The minimum absolute atomic E-state index is 0.311. The van der Waals surface area contributed by atoms with Crippen LogP contribution in [0.25, 0.3) is 5.76 Å². The van der Waals surface area contributed by atoms with Crippen LogP contribution in [-0.2, 0) is 16.0 Å². The third-order valence-corrected chi connectivity index (χ3v) is 2.33. The number of allylic oxidation sites excluding steroid dienone is 1. The van der Waals surface area contributed by atoms with Crippen molar-refractivity contribution >= 4 is 11.7 Å². The topological polar surface area (TPSA) is 26.3 Å². The molecule has 78 valence electrons. The number of carbonyl (C=O) groups excluding carboxylic acids is 1. The van der Waals surface area contributed by atoms with Crippen LogP contribution in [0.1, 0.15) is 24.5 Å². The Morgan fingerprint density at radius 1 is 1.47 bits per heavy atom. The van der Waals surface area contributed by atoms with E-state index in [4.69, 9.17) is 4.74 Å². The largest absolute Gasteiger partial charge is 0.426 e. The van der Waals surface area contributed by atoms with Crippen molar-refractivity contribution in [3.8, 4) is 0 Å². The van der Waals surface area contributed by atoms with Gasteiger partial charge in [0.2, 0.25) is 0 Å². The van der Waals surface area contributed by atoms with Gasteiger partial charge < -0.3 is 4.74 Å². The Morgan fingerprint density at radius 3 is 3.00 bits per heavy atom. The van der Waals surface area contributed by atoms with E-state index in [9.17, 15) is 9.18 Å². The first-order chi connectivity index (χ1) is 7.16. The fourth-order valence-electron chi connectivity index (χ4n) is 1.72. The summed E-state index contributed by atoms with van der Waals surface area (Å²) >= 11 is 0. The van der Waals surface area contributed by atoms with Gasteiger partial charge in [-0.25, -0.2) is 4.39 Å². The highest BCUT2D eigenvalue weighted by Crippen LogP contribution is 2.27. The van der Waals surface area contributed by atoms with Gasteiger partial charge in [0, 0.05) is 12.5 Å². The summed E-state index contributed by atoms with van der Waals surface area (Å²) in [6.45, 7) is 1.34. The van der Waals surface area contributed by atoms with Gasteiger partial charge in [0.05, 0.1) is 0 Å². The number of carbonyl (C=O) groups is 1. The van der Waals surface area contributed by atoms with Crippen LogP contribution in [0.5, 0.6) is 0 Å². The number of aryl methyl sites for hydroxylation is 1. The molecule has 0 aromatic heterocycles. The second kappa shape index (κ2) is 3.85. The molecule has 1 aromatic carbocycles. The zero-order valence-electron chi connectivity index (χ0n) is 8.42. The second-order valence-corrected chi connectivity index (χ2v) is 3.50. The summed E-state index contributed by atoms with van der Waals surface area (Å²) in [7, 11) is 0. The highest BCUT2D eigenvalue weighted by Gasteiger charge is 2.15. The van der Waals surface area contributed by atoms with Gasteiger partial charge in [0.15, 0.2) is 0 Å². The fourth-order valence-corrected chi connectivity index (χ4v) is 1.72. The highest BCUT2D eigenvalue weighted by molar-refractivity contribution is 5.77. The SMILES string of the molecule is CC(=O)OC1=CCCc2ccc(F)cc21. The number of hydrogen-bond donors (Lipinski definition) is 0. The van der Waals surface area contributed by atoms with Crippen molar-refractivity contribution in [3.63, 3.8) is 0 Å². The molecule has 0 bridgehead atoms. The summed E-state index contributed by atoms with van der Waals surface area (Å²) in [5.74, 6) is -0.213. The van der Waals surface area contributed by atoms with E-state index in [0.29, 0.717) is 11.3 Å². The zero-order valence-corrected chi connectivity index (χ0v) is 8.42. The normalized spacial score (nSPS) is 14.1. The molecule has 3 heteroatoms. The molecule has 2 nitrogen and oxygen atoms in total. The Balaban J connectivity index is 2.40. The van der Waals surface area contributed by atoms with Gasteiger partial charge in [0.1, 0.15) is 11.6 Å². The molecular formula is C12H11FO2. The van der Waals surface area contributed by atoms with Crippen LogP contribution in [0.15, 0.2) is 24.3 Å². The molecule has 0 spiro atoms. The van der Waals surface area contributed by atoms with Crippen LogP contribution < -0.4 is 0 Å². The average molecular weight is 206 g/mol. The quantitative estimate of drug-likeness (QED) is 0.660. The monoisotopic (exact) mass is 206 g/mol. The van der Waals surface area contributed by atoms with Crippen LogP contribution in [0.3, 0.4) is 0 Å². The molecule has 1 aromatic rings. The van der Waals surface area contributed by atoms with E-state index in [0.717, 1.165) is 18.4 Å². The van der Waals surface area contributed by atoms with Crippen LogP contribution >= 0.6 is 0 Å². The lowest BCUT2D eigenvalue weighted by Gasteiger charge is -2.16. The van der Waals surface area contributed by atoms with Crippen molar-refractivity contribution in [2.24, 2.45) is 0 Å². The molecule has 15 heavy (non-hydrogen) atoms. The number of ether oxygens (including phenoxy) is 1. The molecule has 0 fully saturated rings. The first kappa shape index (κ1) is 9.90. The Bertz CT molecular complexity index is 435. The molecule has 0 atom stereocenters. The van der Waals surface area contributed by atoms with Crippen LogP contribution in [0, 0.1) is 5.82 Å². The maximum Gasteiger partial charge on any atom is 0.308 e. The van der Waals surface area contributed by atoms with Gasteiger partial charge in [-0.1, -0.05) is 6.07 Å². The van der Waals surface area contributed by atoms with E-state index in [1.54, 1.807) is 6.07 Å². The number of esters is 1. The maximum absolute atomic E-state index is 13.0. The van der Waals surface area contributed by atoms with Gasteiger partial charge in [-0.3, -0.25) is 4.79 Å². The van der Waals surface area contributed by atoms with Crippen molar-refractivity contribution in [2.45, 2.75) is 19.8 Å². The fraction of sp³-hybridized carbons (Fsp3) is 0.250. The van der Waals surface area contributed by atoms with Gasteiger partial charge in [-0.05, 0) is 36.6 Å². The van der Waals surface area contributed by atoms with E-state index in [-0.39, 0.29) is 11.8 Å². The smallest absolute Gasteiger partial charge is 0.308 e. The minimum atomic E-state index is -0.377. The maximum atomic E-state index is 13.0. The van der Waals surface area contributed by atoms with Gasteiger partial charge >= 0.3 is 5.97 Å². The predicted octanol–water partition coefficient (Wildman–Crippen LogP) is 2.68. The molecule has 0 aliphatic heterocycles. The van der Waals surface area contributed by atoms with E-state index in [1.165, 1.54) is 19.1 Å².